The summed E-state index contributed by atoms with van der Waals surface area (Å²) in [5, 5.41) is 19.3. The molecule has 2 aromatic heterocycles. The van der Waals surface area contributed by atoms with Gasteiger partial charge < -0.3 is 24.9 Å². The Morgan fingerprint density at radius 2 is 1.78 bits per heavy atom. The number of benzene rings is 1. The number of aliphatic hydroxyl groups excluding tert-OH is 1. The van der Waals surface area contributed by atoms with Crippen molar-refractivity contribution in [2.75, 3.05) is 54.0 Å². The van der Waals surface area contributed by atoms with Crippen LogP contribution in [0.25, 0.3) is 11.3 Å². The summed E-state index contributed by atoms with van der Waals surface area (Å²) < 4.78 is 13.5. The summed E-state index contributed by atoms with van der Waals surface area (Å²) >= 11 is 6.33. The van der Waals surface area contributed by atoms with Gasteiger partial charge in [-0.2, -0.15) is 4.98 Å². The maximum Gasteiger partial charge on any atom is 0.337 e. The molecule has 3 aromatic rings. The highest BCUT2D eigenvalue weighted by Crippen LogP contribution is 2.31. The molecule has 2 aliphatic rings. The van der Waals surface area contributed by atoms with Crippen molar-refractivity contribution in [1.82, 2.24) is 15.0 Å². The zero-order valence-electron chi connectivity index (χ0n) is 19.5. The number of nitrogens with zero attached hydrogens (tertiary/aromatic N) is 6. The number of carboxylic acids is 1. The zero-order chi connectivity index (χ0) is 25.2. The van der Waals surface area contributed by atoms with Gasteiger partial charge >= 0.3 is 5.97 Å². The van der Waals surface area contributed by atoms with Gasteiger partial charge in [-0.3, -0.25) is 0 Å². The molecule has 0 bridgehead atoms. The molecule has 2 aliphatic heterocycles. The van der Waals surface area contributed by atoms with Crippen LogP contribution >= 0.6 is 11.6 Å². The van der Waals surface area contributed by atoms with Crippen LogP contribution in [0.5, 0.6) is 0 Å². The minimum atomic E-state index is -1.07. The molecule has 1 aromatic carbocycles. The van der Waals surface area contributed by atoms with Crippen LogP contribution in [-0.2, 0) is 0 Å². The molecule has 1 atom stereocenters. The lowest BCUT2D eigenvalue weighted by Crippen LogP contribution is -2.47. The molecule has 2 N–H and O–H groups in total. The molecule has 9 nitrogen and oxygen atoms in total. The summed E-state index contributed by atoms with van der Waals surface area (Å²) in [6.07, 6.45) is 3.15. The van der Waals surface area contributed by atoms with Gasteiger partial charge in [0, 0.05) is 50.6 Å². The Morgan fingerprint density at radius 1 is 1.06 bits per heavy atom. The van der Waals surface area contributed by atoms with Gasteiger partial charge in [-0.05, 0) is 43.2 Å². The number of hydrogen-bond donors (Lipinski definition) is 2. The Morgan fingerprint density at radius 3 is 2.44 bits per heavy atom. The van der Waals surface area contributed by atoms with E-state index in [9.17, 15) is 14.3 Å². The number of halogens is 2. The summed E-state index contributed by atoms with van der Waals surface area (Å²) in [4.78, 5) is 31.3. The van der Waals surface area contributed by atoms with E-state index in [-0.39, 0.29) is 24.0 Å². The van der Waals surface area contributed by atoms with Crippen molar-refractivity contribution in [2.24, 2.45) is 0 Å². The second kappa shape index (κ2) is 10.2. The van der Waals surface area contributed by atoms with Gasteiger partial charge in [0.1, 0.15) is 17.5 Å². The number of pyridine rings is 1. The van der Waals surface area contributed by atoms with E-state index < -0.39 is 5.97 Å². The van der Waals surface area contributed by atoms with Gasteiger partial charge in [0.25, 0.3) is 0 Å². The first-order valence-electron chi connectivity index (χ1n) is 11.8. The molecule has 36 heavy (non-hydrogen) atoms. The highest BCUT2D eigenvalue weighted by molar-refractivity contribution is 6.33. The molecule has 0 amide bonds. The number of aromatic carboxylic acids is 1. The zero-order valence-corrected chi connectivity index (χ0v) is 20.3. The first-order valence-corrected chi connectivity index (χ1v) is 12.2. The van der Waals surface area contributed by atoms with Crippen LogP contribution in [0.1, 0.15) is 23.2 Å². The second-order valence-corrected chi connectivity index (χ2v) is 9.31. The van der Waals surface area contributed by atoms with E-state index in [0.717, 1.165) is 30.8 Å². The molecule has 2 fully saturated rings. The number of carboxylic acid groups (broad SMARTS) is 1. The molecular weight excluding hydrogens is 487 g/mol. The second-order valence-electron chi connectivity index (χ2n) is 8.90. The number of aromatic nitrogens is 3. The van der Waals surface area contributed by atoms with E-state index in [2.05, 4.69) is 9.88 Å². The molecule has 5 rings (SSSR count). The van der Waals surface area contributed by atoms with Crippen LogP contribution in [0, 0.1) is 5.82 Å². The summed E-state index contributed by atoms with van der Waals surface area (Å²) in [5.41, 5.74) is 1.52. The van der Waals surface area contributed by atoms with E-state index >= 15 is 0 Å². The molecule has 4 heterocycles. The number of hydrogen-bond acceptors (Lipinski definition) is 8. The van der Waals surface area contributed by atoms with Crippen LogP contribution in [0.2, 0.25) is 5.02 Å². The SMILES string of the molecule is O=C(O)c1cnc(N2CCN(c3cc(-c4ccc(F)cc4)nc(N4CCCC4CO)n3)CC2)c(Cl)c1. The molecule has 0 spiro atoms. The van der Waals surface area contributed by atoms with E-state index in [1.165, 1.54) is 24.4 Å². The van der Waals surface area contributed by atoms with Gasteiger partial charge in [-0.1, -0.05) is 11.6 Å². The molecule has 2 saturated heterocycles. The van der Waals surface area contributed by atoms with E-state index in [4.69, 9.17) is 26.7 Å². The minimum absolute atomic E-state index is 0.0276. The van der Waals surface area contributed by atoms with Gasteiger partial charge in [0.05, 0.1) is 28.9 Å². The molecule has 0 radical (unpaired) electrons. The highest BCUT2D eigenvalue weighted by Gasteiger charge is 2.28. The molecular formula is C25H26ClFN6O3. The Kier molecular flexibility index (Phi) is 6.88. The first kappa shape index (κ1) is 24.2. The number of anilines is 3. The van der Waals surface area contributed by atoms with Crippen molar-refractivity contribution in [3.8, 4) is 11.3 Å². The van der Waals surface area contributed by atoms with Crippen molar-refractivity contribution in [3.63, 3.8) is 0 Å². The number of rotatable bonds is 6. The van der Waals surface area contributed by atoms with Crippen molar-refractivity contribution in [1.29, 1.82) is 0 Å². The predicted octanol–water partition coefficient (Wildman–Crippen LogP) is 3.32. The van der Waals surface area contributed by atoms with Crippen LogP contribution < -0.4 is 14.7 Å². The third kappa shape index (κ3) is 4.91. The van der Waals surface area contributed by atoms with Gasteiger partial charge in [0.2, 0.25) is 5.95 Å². The van der Waals surface area contributed by atoms with Crippen molar-refractivity contribution >= 4 is 35.2 Å². The topological polar surface area (TPSA) is 106 Å². The Bertz CT molecular complexity index is 1250. The Labute approximate surface area is 212 Å². The van der Waals surface area contributed by atoms with Crippen LogP contribution in [0.3, 0.4) is 0 Å². The fraction of sp³-hybridized carbons (Fsp3) is 0.360. The van der Waals surface area contributed by atoms with Crippen molar-refractivity contribution in [3.05, 3.63) is 59.0 Å². The normalized spacial score (nSPS) is 18.1. The first-order chi connectivity index (χ1) is 17.4. The fourth-order valence-corrected chi connectivity index (χ4v) is 4.98. The number of aliphatic hydroxyl groups is 1. The van der Waals surface area contributed by atoms with Gasteiger partial charge in [0.15, 0.2) is 0 Å². The van der Waals surface area contributed by atoms with E-state index in [1.807, 2.05) is 15.9 Å². The largest absolute Gasteiger partial charge is 0.478 e. The smallest absolute Gasteiger partial charge is 0.337 e. The lowest BCUT2D eigenvalue weighted by molar-refractivity contribution is 0.0696. The highest BCUT2D eigenvalue weighted by atomic mass is 35.5. The van der Waals surface area contributed by atoms with Crippen LogP contribution in [-0.4, -0.2) is 76.5 Å². The van der Waals surface area contributed by atoms with E-state index in [1.54, 1.807) is 12.1 Å². The molecule has 0 saturated carbocycles. The van der Waals surface area contributed by atoms with Crippen molar-refractivity contribution < 1.29 is 19.4 Å². The third-order valence-corrected chi connectivity index (χ3v) is 6.94. The Balaban J connectivity index is 1.41. The summed E-state index contributed by atoms with van der Waals surface area (Å²) in [7, 11) is 0. The summed E-state index contributed by atoms with van der Waals surface area (Å²) in [6, 6.07) is 9.51. The molecule has 0 aliphatic carbocycles. The van der Waals surface area contributed by atoms with E-state index in [0.29, 0.717) is 48.7 Å². The molecule has 1 unspecified atom stereocenters. The summed E-state index contributed by atoms with van der Waals surface area (Å²) in [6.45, 7) is 3.32. The number of piperazine rings is 1. The monoisotopic (exact) mass is 512 g/mol. The fourth-order valence-electron chi connectivity index (χ4n) is 4.70. The van der Waals surface area contributed by atoms with Gasteiger partial charge in [-0.25, -0.2) is 19.2 Å². The standard InChI is InChI=1S/C25H26ClFN6O3/c26-20-12-17(24(35)36)14-28-23(20)32-10-8-31(9-11-32)22-13-21(16-3-5-18(27)6-4-16)29-25(30-22)33-7-1-2-19(33)15-34/h3-6,12-14,19,34H,1-2,7-11,15H2,(H,35,36). The Hall–Kier alpha value is -3.50. The van der Waals surface area contributed by atoms with Gasteiger partial charge in [-0.15, -0.1) is 0 Å². The quantitative estimate of drug-likeness (QED) is 0.514. The summed E-state index contributed by atoms with van der Waals surface area (Å²) in [5.74, 6) is 0.480. The average molecular weight is 513 g/mol. The average Bonchev–Trinajstić information content (AvgIpc) is 3.38. The minimum Gasteiger partial charge on any atom is -0.478 e. The maximum absolute atomic E-state index is 13.5. The van der Waals surface area contributed by atoms with Crippen LogP contribution in [0.15, 0.2) is 42.6 Å². The van der Waals surface area contributed by atoms with Crippen molar-refractivity contribution in [2.45, 2.75) is 18.9 Å². The lowest BCUT2D eigenvalue weighted by Gasteiger charge is -2.37. The molecule has 11 heteroatoms. The molecule has 188 valence electrons. The third-order valence-electron chi connectivity index (χ3n) is 6.66. The maximum atomic E-state index is 13.5. The number of carbonyl (C=O) groups is 1. The van der Waals surface area contributed by atoms with Crippen LogP contribution in [0.4, 0.5) is 22.0 Å². The predicted molar refractivity (Wildman–Crippen MR) is 136 cm³/mol. The lowest BCUT2D eigenvalue weighted by atomic mass is 10.1.